The quantitative estimate of drug-likeness (QED) is 0.490. The molecule has 0 spiro atoms. The Hall–Kier alpha value is -2.29. The number of benzene rings is 3. The summed E-state index contributed by atoms with van der Waals surface area (Å²) in [5.74, 6) is 0.871. The summed E-state index contributed by atoms with van der Waals surface area (Å²) in [4.78, 5) is 4.46. The summed E-state index contributed by atoms with van der Waals surface area (Å²) in [5.41, 5.74) is 0. The van der Waals surface area contributed by atoms with Gasteiger partial charge in [-0.15, -0.1) is 0 Å². The molecule has 4 rings (SSSR count). The van der Waals surface area contributed by atoms with Gasteiger partial charge in [0.25, 0.3) is 0 Å². The predicted molar refractivity (Wildman–Crippen MR) is 114 cm³/mol. The number of nitrogens with one attached hydrogen (secondary N) is 1. The molecular formula is C21H19BrN3P. The summed E-state index contributed by atoms with van der Waals surface area (Å²) in [6.07, 6.45) is 2.30. The predicted octanol–water partition coefficient (Wildman–Crippen LogP) is 4.14. The Bertz CT molecular complexity index is 874. The van der Waals surface area contributed by atoms with Gasteiger partial charge in [-0.05, 0) is 0 Å². The number of rotatable bonds is 5. The average molecular weight is 424 g/mol. The van der Waals surface area contributed by atoms with Gasteiger partial charge in [0.05, 0.1) is 0 Å². The molecule has 5 heteroatoms. The zero-order chi connectivity index (χ0) is 17.9. The summed E-state index contributed by atoms with van der Waals surface area (Å²) in [7, 11) is 0. The maximum absolute atomic E-state index is 4.46. The number of hydrogen-bond acceptors (Lipinski definition) is 2. The Balaban J connectivity index is 2.10. The van der Waals surface area contributed by atoms with E-state index in [9.17, 15) is 0 Å². The number of nitrogens with zero attached hydrogens (tertiary/aromatic N) is 2. The number of halogens is 1. The van der Waals surface area contributed by atoms with Gasteiger partial charge in [-0.2, -0.15) is 0 Å². The van der Waals surface area contributed by atoms with Gasteiger partial charge >= 0.3 is 161 Å². The van der Waals surface area contributed by atoms with E-state index in [1.165, 1.54) is 15.9 Å². The molecule has 1 aromatic heterocycles. The van der Waals surface area contributed by atoms with Crippen molar-refractivity contribution in [3.05, 3.63) is 103 Å². The van der Waals surface area contributed by atoms with Crippen LogP contribution in [0.4, 0.5) is 0 Å². The van der Waals surface area contributed by atoms with Crippen molar-refractivity contribution >= 4 is 36.7 Å². The van der Waals surface area contributed by atoms with Gasteiger partial charge in [0.1, 0.15) is 0 Å². The zero-order valence-corrected chi connectivity index (χ0v) is 16.6. The van der Waals surface area contributed by atoms with E-state index in [4.69, 9.17) is 0 Å². The summed E-state index contributed by atoms with van der Waals surface area (Å²) in [6, 6.07) is 32.0. The van der Waals surface area contributed by atoms with E-state index in [0.29, 0.717) is 0 Å². The van der Waals surface area contributed by atoms with Crippen molar-refractivity contribution in [1.82, 2.24) is 15.2 Å². The molecule has 0 aliphatic carbocycles. The molecule has 0 atom stereocenters. The Kier molecular flexibility index (Phi) is 4.47. The van der Waals surface area contributed by atoms with Crippen molar-refractivity contribution < 1.29 is 0 Å². The number of aromatic amines is 1. The van der Waals surface area contributed by atoms with Crippen LogP contribution < -0.4 is 15.9 Å². The molecule has 130 valence electrons. The SMILES string of the molecule is BrP(Cc1ncn[nH]1)(c1ccccc1)(c1ccccc1)c1ccccc1. The number of hydrogen-bond donors (Lipinski definition) is 1. The van der Waals surface area contributed by atoms with Gasteiger partial charge in [-0.25, -0.2) is 0 Å². The minimum absolute atomic E-state index is 0.726. The van der Waals surface area contributed by atoms with Gasteiger partial charge in [-0.3, -0.25) is 0 Å². The number of H-pyrrole nitrogens is 1. The van der Waals surface area contributed by atoms with E-state index in [2.05, 4.69) is 122 Å². The first kappa shape index (κ1) is 17.1. The van der Waals surface area contributed by atoms with E-state index >= 15 is 0 Å². The topological polar surface area (TPSA) is 41.6 Å². The molecule has 3 aromatic carbocycles. The third kappa shape index (κ3) is 2.70. The van der Waals surface area contributed by atoms with E-state index < -0.39 is 5.31 Å². The molecule has 0 unspecified atom stereocenters. The maximum atomic E-state index is 4.46. The van der Waals surface area contributed by atoms with Crippen molar-refractivity contribution in [1.29, 1.82) is 0 Å². The molecule has 0 radical (unpaired) electrons. The van der Waals surface area contributed by atoms with Crippen molar-refractivity contribution in [2.45, 2.75) is 6.16 Å². The third-order valence-corrected chi connectivity index (χ3v) is 14.3. The molecule has 0 bridgehead atoms. The molecular weight excluding hydrogens is 405 g/mol. The van der Waals surface area contributed by atoms with Gasteiger partial charge in [0.2, 0.25) is 0 Å². The molecule has 1 N–H and O–H groups in total. The van der Waals surface area contributed by atoms with Crippen LogP contribution >= 0.6 is 20.8 Å². The average Bonchev–Trinajstić information content (AvgIpc) is 3.23. The second-order valence-electron chi connectivity index (χ2n) is 6.28. The van der Waals surface area contributed by atoms with E-state index in [1.54, 1.807) is 6.33 Å². The molecule has 0 aliphatic rings. The summed E-state index contributed by atoms with van der Waals surface area (Å²) < 4.78 is 0. The standard InChI is InChI=1S/C21H19BrN3P/c22-26(16-21-23-17-24-25-21,18-10-4-1-5-11-18,19-12-6-2-7-13-19)20-14-8-3-9-15-20/h1-15,17H,16H2,(H,23,24,25). The molecule has 0 aliphatic heterocycles. The third-order valence-electron chi connectivity index (χ3n) is 4.80. The fourth-order valence-electron chi connectivity index (χ4n) is 3.53. The monoisotopic (exact) mass is 423 g/mol. The summed E-state index contributed by atoms with van der Waals surface area (Å²) >= 11 is 4.38. The van der Waals surface area contributed by atoms with Gasteiger partial charge in [-0.1, -0.05) is 0 Å². The molecule has 4 aromatic rings. The Labute approximate surface area is 161 Å². The zero-order valence-electron chi connectivity index (χ0n) is 14.2. The van der Waals surface area contributed by atoms with Crippen LogP contribution in [-0.4, -0.2) is 15.2 Å². The van der Waals surface area contributed by atoms with Crippen molar-refractivity contribution in [2.24, 2.45) is 0 Å². The van der Waals surface area contributed by atoms with Crippen molar-refractivity contribution in [3.63, 3.8) is 0 Å². The second kappa shape index (κ2) is 6.79. The molecule has 0 amide bonds. The summed E-state index contributed by atoms with van der Waals surface area (Å²) in [6.45, 7) is 0. The van der Waals surface area contributed by atoms with Crippen LogP contribution in [-0.2, 0) is 6.16 Å². The summed E-state index contributed by atoms with van der Waals surface area (Å²) in [5, 5.41) is 8.00. The van der Waals surface area contributed by atoms with Crippen molar-refractivity contribution in [3.8, 4) is 0 Å². The normalized spacial score (nSPS) is 13.0. The van der Waals surface area contributed by atoms with Crippen LogP contribution in [0.25, 0.3) is 0 Å². The molecule has 0 fully saturated rings. The fourth-order valence-corrected chi connectivity index (χ4v) is 10.9. The van der Waals surface area contributed by atoms with E-state index in [-0.39, 0.29) is 0 Å². The first-order valence-electron chi connectivity index (χ1n) is 8.46. The molecule has 0 saturated heterocycles. The first-order chi connectivity index (χ1) is 12.7. The van der Waals surface area contributed by atoms with Gasteiger partial charge in [0.15, 0.2) is 0 Å². The van der Waals surface area contributed by atoms with Crippen molar-refractivity contribution in [2.75, 3.05) is 0 Å². The van der Waals surface area contributed by atoms with Crippen LogP contribution in [0.3, 0.4) is 0 Å². The van der Waals surface area contributed by atoms with Crippen LogP contribution in [0.1, 0.15) is 5.82 Å². The Morgan fingerprint density at radius 1 is 0.692 bits per heavy atom. The number of aromatic nitrogens is 3. The molecule has 3 nitrogen and oxygen atoms in total. The van der Waals surface area contributed by atoms with Gasteiger partial charge < -0.3 is 0 Å². The molecule has 1 heterocycles. The van der Waals surface area contributed by atoms with E-state index in [0.717, 1.165) is 12.0 Å². The Morgan fingerprint density at radius 3 is 1.46 bits per heavy atom. The fraction of sp³-hybridized carbons (Fsp3) is 0.0476. The minimum atomic E-state index is -2.96. The van der Waals surface area contributed by atoms with E-state index in [1.807, 2.05) is 0 Å². The van der Waals surface area contributed by atoms with Gasteiger partial charge in [0, 0.05) is 0 Å². The van der Waals surface area contributed by atoms with Crippen LogP contribution in [0.5, 0.6) is 0 Å². The molecule has 0 saturated carbocycles. The van der Waals surface area contributed by atoms with Crippen LogP contribution in [0.2, 0.25) is 0 Å². The second-order valence-corrected chi connectivity index (χ2v) is 15.2. The van der Waals surface area contributed by atoms with Crippen LogP contribution in [0, 0.1) is 0 Å². The first-order valence-corrected chi connectivity index (χ1v) is 12.9. The Morgan fingerprint density at radius 2 is 1.12 bits per heavy atom. The molecule has 26 heavy (non-hydrogen) atoms. The van der Waals surface area contributed by atoms with Crippen LogP contribution in [0.15, 0.2) is 97.3 Å².